The van der Waals surface area contributed by atoms with E-state index in [9.17, 15) is 4.79 Å². The van der Waals surface area contributed by atoms with Gasteiger partial charge in [-0.25, -0.2) is 15.0 Å². The molecule has 0 bridgehead atoms. The molecular formula is C26H30N6O. The molecule has 2 aliphatic heterocycles. The first-order valence-electron chi connectivity index (χ1n) is 11.7. The van der Waals surface area contributed by atoms with Gasteiger partial charge in [0.25, 0.3) is 5.91 Å². The molecule has 0 saturated carbocycles. The van der Waals surface area contributed by atoms with Crippen LogP contribution in [-0.4, -0.2) is 45.9 Å². The van der Waals surface area contributed by atoms with Crippen molar-refractivity contribution in [3.63, 3.8) is 0 Å². The van der Waals surface area contributed by atoms with Crippen molar-refractivity contribution in [2.24, 2.45) is 0 Å². The number of carbonyl (C=O) groups is 1. The highest BCUT2D eigenvalue weighted by molar-refractivity contribution is 5.95. The fraction of sp³-hybridized carbons (Fsp3) is 0.385. The third kappa shape index (κ3) is 4.40. The summed E-state index contributed by atoms with van der Waals surface area (Å²) in [4.78, 5) is 31.5. The number of anilines is 3. The van der Waals surface area contributed by atoms with Gasteiger partial charge in [-0.1, -0.05) is 6.07 Å². The molecule has 7 heteroatoms. The largest absolute Gasteiger partial charge is 0.374 e. The minimum atomic E-state index is -0.0295. The normalized spacial score (nSPS) is 17.7. The zero-order valence-electron chi connectivity index (χ0n) is 19.5. The molecule has 5 rings (SSSR count). The van der Waals surface area contributed by atoms with Gasteiger partial charge in [0, 0.05) is 42.8 Å². The first-order chi connectivity index (χ1) is 16.0. The van der Waals surface area contributed by atoms with Crippen LogP contribution in [0.3, 0.4) is 0 Å². The number of amides is 1. The molecule has 2 aromatic heterocycles. The predicted octanol–water partition coefficient (Wildman–Crippen LogP) is 4.59. The summed E-state index contributed by atoms with van der Waals surface area (Å²) >= 11 is 0. The number of rotatable bonds is 4. The maximum atomic E-state index is 13.5. The standard InChI is InChI=1S/C26H30N6O/c1-17-15-18(2)28-26(27-17)30-24-10-4-8-21(29-24)23-9-6-14-32(23)25(33)20-11-12-22-19(16-20)7-5-13-31(22)3/h4,8,10-12,15-16,23H,5-7,9,13-14H2,1-3H3,(H,27,28,29,30)/t23-/m1/s1. The van der Waals surface area contributed by atoms with Crippen LogP contribution in [0.1, 0.15) is 58.3 Å². The predicted molar refractivity (Wildman–Crippen MR) is 130 cm³/mol. The third-order valence-corrected chi connectivity index (χ3v) is 6.53. The van der Waals surface area contributed by atoms with E-state index in [0.717, 1.165) is 61.4 Å². The zero-order valence-corrected chi connectivity index (χ0v) is 19.5. The summed E-state index contributed by atoms with van der Waals surface area (Å²) in [5.74, 6) is 1.32. The summed E-state index contributed by atoms with van der Waals surface area (Å²) in [5.41, 5.74) is 5.99. The van der Waals surface area contributed by atoms with Crippen molar-refractivity contribution in [3.05, 3.63) is 70.7 Å². The summed E-state index contributed by atoms with van der Waals surface area (Å²) in [6, 6.07) is 14.0. The van der Waals surface area contributed by atoms with Crippen LogP contribution >= 0.6 is 0 Å². The quantitative estimate of drug-likeness (QED) is 0.637. The lowest BCUT2D eigenvalue weighted by Gasteiger charge is -2.29. The van der Waals surface area contributed by atoms with E-state index in [1.807, 2.05) is 49.1 Å². The molecule has 1 N–H and O–H groups in total. The summed E-state index contributed by atoms with van der Waals surface area (Å²) in [6.45, 7) is 5.71. The smallest absolute Gasteiger partial charge is 0.254 e. The third-order valence-electron chi connectivity index (χ3n) is 6.53. The molecule has 3 aromatic rings. The maximum absolute atomic E-state index is 13.5. The summed E-state index contributed by atoms with van der Waals surface area (Å²) < 4.78 is 0. The molecule has 33 heavy (non-hydrogen) atoms. The highest BCUT2D eigenvalue weighted by Crippen LogP contribution is 2.34. The number of likely N-dealkylation sites (tertiary alicyclic amines) is 1. The van der Waals surface area contributed by atoms with Gasteiger partial charge in [0.05, 0.1) is 11.7 Å². The first-order valence-corrected chi connectivity index (χ1v) is 11.7. The summed E-state index contributed by atoms with van der Waals surface area (Å²) in [7, 11) is 2.12. The topological polar surface area (TPSA) is 74.2 Å². The van der Waals surface area contributed by atoms with E-state index in [4.69, 9.17) is 4.98 Å². The van der Waals surface area contributed by atoms with E-state index in [1.54, 1.807) is 0 Å². The van der Waals surface area contributed by atoms with Crippen LogP contribution in [0.25, 0.3) is 0 Å². The van der Waals surface area contributed by atoms with Gasteiger partial charge in [-0.2, -0.15) is 0 Å². The molecule has 2 aliphatic rings. The SMILES string of the molecule is Cc1cc(C)nc(Nc2cccc([C@H]3CCCN3C(=O)c3ccc4c(c3)CCCN4C)n2)n1. The van der Waals surface area contributed by atoms with Crippen molar-refractivity contribution in [2.45, 2.75) is 45.6 Å². The Hall–Kier alpha value is -3.48. The van der Waals surface area contributed by atoms with E-state index in [-0.39, 0.29) is 11.9 Å². The van der Waals surface area contributed by atoms with Gasteiger partial charge in [-0.15, -0.1) is 0 Å². The number of hydrogen-bond acceptors (Lipinski definition) is 6. The number of carbonyl (C=O) groups excluding carboxylic acids is 1. The minimum absolute atomic E-state index is 0.0295. The van der Waals surface area contributed by atoms with Crippen molar-refractivity contribution >= 4 is 23.4 Å². The molecule has 0 aliphatic carbocycles. The lowest BCUT2D eigenvalue weighted by molar-refractivity contribution is 0.0733. The van der Waals surface area contributed by atoms with Crippen LogP contribution in [-0.2, 0) is 6.42 Å². The van der Waals surface area contributed by atoms with Crippen molar-refractivity contribution in [2.75, 3.05) is 30.4 Å². The average Bonchev–Trinajstić information content (AvgIpc) is 3.28. The lowest BCUT2D eigenvalue weighted by atomic mass is 9.99. The summed E-state index contributed by atoms with van der Waals surface area (Å²) in [6.07, 6.45) is 4.04. The highest BCUT2D eigenvalue weighted by Gasteiger charge is 2.32. The van der Waals surface area contributed by atoms with Crippen LogP contribution in [0.2, 0.25) is 0 Å². The highest BCUT2D eigenvalue weighted by atomic mass is 16.2. The molecule has 1 aromatic carbocycles. The average molecular weight is 443 g/mol. The van der Waals surface area contributed by atoms with Gasteiger partial charge < -0.3 is 15.1 Å². The second kappa shape index (κ2) is 8.81. The van der Waals surface area contributed by atoms with Crippen LogP contribution < -0.4 is 10.2 Å². The van der Waals surface area contributed by atoms with Crippen molar-refractivity contribution in [3.8, 4) is 0 Å². The number of benzene rings is 1. The number of aromatic nitrogens is 3. The second-order valence-electron chi connectivity index (χ2n) is 9.07. The Morgan fingerprint density at radius 3 is 2.64 bits per heavy atom. The van der Waals surface area contributed by atoms with Crippen LogP contribution in [0.4, 0.5) is 17.5 Å². The van der Waals surface area contributed by atoms with Crippen molar-refractivity contribution in [1.82, 2.24) is 19.9 Å². The molecule has 4 heterocycles. The minimum Gasteiger partial charge on any atom is -0.374 e. The molecule has 1 saturated heterocycles. The molecule has 1 fully saturated rings. The Morgan fingerprint density at radius 1 is 1.00 bits per heavy atom. The zero-order chi connectivity index (χ0) is 22.9. The van der Waals surface area contributed by atoms with Crippen molar-refractivity contribution in [1.29, 1.82) is 0 Å². The van der Waals surface area contributed by atoms with E-state index in [1.165, 1.54) is 11.3 Å². The fourth-order valence-corrected chi connectivity index (χ4v) is 5.00. The number of nitrogens with one attached hydrogen (secondary N) is 1. The summed E-state index contributed by atoms with van der Waals surface area (Å²) in [5, 5.41) is 3.22. The van der Waals surface area contributed by atoms with Crippen LogP contribution in [0.5, 0.6) is 0 Å². The Balaban J connectivity index is 1.37. The molecule has 0 unspecified atom stereocenters. The molecule has 170 valence electrons. The number of nitrogens with zero attached hydrogens (tertiary/aromatic N) is 5. The molecule has 1 atom stereocenters. The molecule has 7 nitrogen and oxygen atoms in total. The van der Waals surface area contributed by atoms with E-state index in [2.05, 4.69) is 39.4 Å². The fourth-order valence-electron chi connectivity index (χ4n) is 5.00. The Morgan fingerprint density at radius 2 is 1.82 bits per heavy atom. The molecule has 0 spiro atoms. The number of pyridine rings is 1. The van der Waals surface area contributed by atoms with E-state index in [0.29, 0.717) is 11.8 Å². The monoisotopic (exact) mass is 442 g/mol. The van der Waals surface area contributed by atoms with Gasteiger partial charge >= 0.3 is 0 Å². The van der Waals surface area contributed by atoms with Gasteiger partial charge in [0.15, 0.2) is 0 Å². The first kappa shape index (κ1) is 21.4. The molecule has 1 amide bonds. The van der Waals surface area contributed by atoms with E-state index >= 15 is 0 Å². The Kier molecular flexibility index (Phi) is 5.70. The van der Waals surface area contributed by atoms with E-state index < -0.39 is 0 Å². The Labute approximate surface area is 194 Å². The van der Waals surface area contributed by atoms with Crippen molar-refractivity contribution < 1.29 is 4.79 Å². The van der Waals surface area contributed by atoms with Gasteiger partial charge in [-0.3, -0.25) is 4.79 Å². The Bertz CT molecular complexity index is 1170. The lowest BCUT2D eigenvalue weighted by Crippen LogP contribution is -2.31. The molecular weight excluding hydrogens is 412 g/mol. The van der Waals surface area contributed by atoms with Crippen LogP contribution in [0, 0.1) is 13.8 Å². The molecule has 0 radical (unpaired) electrons. The van der Waals surface area contributed by atoms with Gasteiger partial charge in [0.1, 0.15) is 5.82 Å². The van der Waals surface area contributed by atoms with Crippen LogP contribution in [0.15, 0.2) is 42.5 Å². The number of aryl methyl sites for hydroxylation is 3. The van der Waals surface area contributed by atoms with Gasteiger partial charge in [0.2, 0.25) is 5.95 Å². The van der Waals surface area contributed by atoms with Gasteiger partial charge in [-0.05, 0) is 81.5 Å². The maximum Gasteiger partial charge on any atom is 0.254 e. The second-order valence-corrected chi connectivity index (χ2v) is 9.07. The number of hydrogen-bond donors (Lipinski definition) is 1. The number of fused-ring (bicyclic) bond motifs is 1.